The number of nitrogens with two attached hydrogens (primary N) is 1. The molecule has 0 atom stereocenters. The maximum absolute atomic E-state index is 12.4. The molecule has 3 N–H and O–H groups in total. The zero-order valence-corrected chi connectivity index (χ0v) is 13.3. The molecule has 2 rings (SSSR count). The van der Waals surface area contributed by atoms with E-state index in [2.05, 4.69) is 9.71 Å². The molecule has 0 spiro atoms. The van der Waals surface area contributed by atoms with E-state index in [0.717, 1.165) is 11.3 Å². The SMILES string of the molecule is COc1ccc(NS(=O)(=O)c2sc(N)nc2C)c(OC)c1. The quantitative estimate of drug-likeness (QED) is 0.867. The van der Waals surface area contributed by atoms with Crippen molar-refractivity contribution >= 4 is 32.2 Å². The summed E-state index contributed by atoms with van der Waals surface area (Å²) in [4.78, 5) is 3.91. The number of sulfonamides is 1. The molecule has 1 heterocycles. The minimum atomic E-state index is -3.77. The molecule has 1 aromatic carbocycles. The predicted molar refractivity (Wildman–Crippen MR) is 81.6 cm³/mol. The molecule has 0 saturated heterocycles. The molecule has 21 heavy (non-hydrogen) atoms. The van der Waals surface area contributed by atoms with Crippen LogP contribution in [0.2, 0.25) is 0 Å². The number of nitrogens with one attached hydrogen (secondary N) is 1. The normalized spacial score (nSPS) is 11.2. The van der Waals surface area contributed by atoms with Crippen LogP contribution >= 0.6 is 11.3 Å². The maximum atomic E-state index is 12.4. The van der Waals surface area contributed by atoms with E-state index in [4.69, 9.17) is 15.2 Å². The molecule has 2 aromatic rings. The Morgan fingerprint density at radius 1 is 1.29 bits per heavy atom. The van der Waals surface area contributed by atoms with Gasteiger partial charge in [0.25, 0.3) is 10.0 Å². The Bertz CT molecular complexity index is 756. The summed E-state index contributed by atoms with van der Waals surface area (Å²) in [5.41, 5.74) is 6.21. The van der Waals surface area contributed by atoms with E-state index in [-0.39, 0.29) is 9.34 Å². The molecule has 0 fully saturated rings. The highest BCUT2D eigenvalue weighted by Crippen LogP contribution is 2.33. The third kappa shape index (κ3) is 3.19. The summed E-state index contributed by atoms with van der Waals surface area (Å²) in [5, 5.41) is 0.203. The highest BCUT2D eigenvalue weighted by Gasteiger charge is 2.22. The molecule has 0 saturated carbocycles. The van der Waals surface area contributed by atoms with E-state index in [1.807, 2.05) is 0 Å². The third-order valence-corrected chi connectivity index (χ3v) is 5.63. The number of hydrogen-bond acceptors (Lipinski definition) is 7. The van der Waals surface area contributed by atoms with Crippen LogP contribution in [0.3, 0.4) is 0 Å². The Kier molecular flexibility index (Phi) is 4.24. The van der Waals surface area contributed by atoms with Crippen LogP contribution in [-0.2, 0) is 10.0 Å². The number of benzene rings is 1. The van der Waals surface area contributed by atoms with Crippen LogP contribution in [0, 0.1) is 6.92 Å². The summed E-state index contributed by atoms with van der Waals surface area (Å²) in [6, 6.07) is 4.79. The van der Waals surface area contributed by atoms with Crippen LogP contribution in [0.15, 0.2) is 22.4 Å². The molecular weight excluding hydrogens is 314 g/mol. The van der Waals surface area contributed by atoms with E-state index < -0.39 is 10.0 Å². The third-order valence-electron chi connectivity index (χ3n) is 2.67. The highest BCUT2D eigenvalue weighted by molar-refractivity contribution is 7.94. The molecule has 0 bridgehead atoms. The van der Waals surface area contributed by atoms with Crippen LogP contribution in [-0.4, -0.2) is 27.6 Å². The van der Waals surface area contributed by atoms with Crippen molar-refractivity contribution in [3.05, 3.63) is 23.9 Å². The van der Waals surface area contributed by atoms with Gasteiger partial charge in [0.15, 0.2) is 9.34 Å². The van der Waals surface area contributed by atoms with Crippen LogP contribution in [0.25, 0.3) is 0 Å². The van der Waals surface area contributed by atoms with Crippen molar-refractivity contribution in [3.63, 3.8) is 0 Å². The Balaban J connectivity index is 2.39. The van der Waals surface area contributed by atoms with Crippen LogP contribution in [0.4, 0.5) is 10.8 Å². The molecule has 0 aliphatic carbocycles. The van der Waals surface area contributed by atoms with Gasteiger partial charge in [-0.05, 0) is 19.1 Å². The molecule has 9 heteroatoms. The van der Waals surface area contributed by atoms with Crippen molar-refractivity contribution < 1.29 is 17.9 Å². The topological polar surface area (TPSA) is 104 Å². The highest BCUT2D eigenvalue weighted by atomic mass is 32.2. The van der Waals surface area contributed by atoms with Crippen molar-refractivity contribution in [3.8, 4) is 11.5 Å². The van der Waals surface area contributed by atoms with Gasteiger partial charge in [-0.2, -0.15) is 0 Å². The molecule has 0 aliphatic heterocycles. The first-order valence-electron chi connectivity index (χ1n) is 5.85. The van der Waals surface area contributed by atoms with Gasteiger partial charge < -0.3 is 15.2 Å². The van der Waals surface area contributed by atoms with E-state index in [1.165, 1.54) is 14.2 Å². The number of rotatable bonds is 5. The van der Waals surface area contributed by atoms with Crippen molar-refractivity contribution in [1.29, 1.82) is 0 Å². The summed E-state index contributed by atoms with van der Waals surface area (Å²) in [7, 11) is -0.807. The zero-order chi connectivity index (χ0) is 15.6. The average molecular weight is 329 g/mol. The van der Waals surface area contributed by atoms with Gasteiger partial charge in [0, 0.05) is 6.07 Å². The first-order chi connectivity index (χ1) is 9.87. The summed E-state index contributed by atoms with van der Waals surface area (Å²) in [6.45, 7) is 1.59. The van der Waals surface area contributed by atoms with E-state index in [9.17, 15) is 8.42 Å². The maximum Gasteiger partial charge on any atom is 0.273 e. The van der Waals surface area contributed by atoms with Gasteiger partial charge >= 0.3 is 0 Å². The van der Waals surface area contributed by atoms with Crippen molar-refractivity contribution in [2.75, 3.05) is 24.7 Å². The molecule has 0 unspecified atom stereocenters. The Morgan fingerprint density at radius 2 is 2.00 bits per heavy atom. The largest absolute Gasteiger partial charge is 0.497 e. The summed E-state index contributed by atoms with van der Waals surface area (Å²) in [5.74, 6) is 0.918. The van der Waals surface area contributed by atoms with E-state index >= 15 is 0 Å². The van der Waals surface area contributed by atoms with Gasteiger partial charge in [0.05, 0.1) is 25.6 Å². The first-order valence-corrected chi connectivity index (χ1v) is 8.15. The van der Waals surface area contributed by atoms with Gasteiger partial charge in [0.1, 0.15) is 11.5 Å². The van der Waals surface area contributed by atoms with E-state index in [0.29, 0.717) is 22.9 Å². The number of anilines is 2. The fourth-order valence-electron chi connectivity index (χ4n) is 1.73. The molecule has 0 amide bonds. The van der Waals surface area contributed by atoms with Gasteiger partial charge in [-0.1, -0.05) is 11.3 Å². The van der Waals surface area contributed by atoms with Gasteiger partial charge in [-0.15, -0.1) is 0 Å². The molecule has 0 aliphatic rings. The van der Waals surface area contributed by atoms with Gasteiger partial charge in [-0.3, -0.25) is 4.72 Å². The second-order valence-electron chi connectivity index (χ2n) is 4.10. The van der Waals surface area contributed by atoms with Gasteiger partial charge in [0.2, 0.25) is 0 Å². The number of thiazole rings is 1. The second-order valence-corrected chi connectivity index (χ2v) is 7.00. The number of hydrogen-bond donors (Lipinski definition) is 2. The number of aryl methyl sites for hydroxylation is 1. The van der Waals surface area contributed by atoms with Crippen molar-refractivity contribution in [2.45, 2.75) is 11.1 Å². The predicted octanol–water partition coefficient (Wildman–Crippen LogP) is 1.85. The smallest absolute Gasteiger partial charge is 0.273 e. The monoisotopic (exact) mass is 329 g/mol. The van der Waals surface area contributed by atoms with E-state index in [1.54, 1.807) is 25.1 Å². The van der Waals surface area contributed by atoms with Crippen molar-refractivity contribution in [2.24, 2.45) is 0 Å². The summed E-state index contributed by atoms with van der Waals surface area (Å²) >= 11 is 0.912. The molecule has 7 nitrogen and oxygen atoms in total. The first kappa shape index (κ1) is 15.4. The lowest BCUT2D eigenvalue weighted by Gasteiger charge is -2.12. The van der Waals surface area contributed by atoms with Crippen LogP contribution in [0.5, 0.6) is 11.5 Å². The molecular formula is C12H15N3O4S2. The molecule has 114 valence electrons. The Hall–Kier alpha value is -2.00. The summed E-state index contributed by atoms with van der Waals surface area (Å²) in [6.07, 6.45) is 0. The fraction of sp³-hybridized carbons (Fsp3) is 0.250. The van der Waals surface area contributed by atoms with Crippen LogP contribution in [0.1, 0.15) is 5.69 Å². The lowest BCUT2D eigenvalue weighted by atomic mass is 10.3. The zero-order valence-electron chi connectivity index (χ0n) is 11.7. The number of nitrogens with zero attached hydrogens (tertiary/aromatic N) is 1. The minimum Gasteiger partial charge on any atom is -0.497 e. The van der Waals surface area contributed by atoms with Crippen LogP contribution < -0.4 is 19.9 Å². The second kappa shape index (κ2) is 5.78. The lowest BCUT2D eigenvalue weighted by molar-refractivity contribution is 0.395. The Labute approximate surface area is 126 Å². The number of nitrogen functional groups attached to an aromatic ring is 1. The number of methoxy groups -OCH3 is 2. The lowest BCUT2D eigenvalue weighted by Crippen LogP contribution is -2.13. The fourth-order valence-corrected chi connectivity index (χ4v) is 4.10. The average Bonchev–Trinajstić information content (AvgIpc) is 2.78. The van der Waals surface area contributed by atoms with Crippen molar-refractivity contribution in [1.82, 2.24) is 4.98 Å². The Morgan fingerprint density at radius 3 is 2.52 bits per heavy atom. The summed E-state index contributed by atoms with van der Waals surface area (Å²) < 4.78 is 37.5. The molecule has 0 radical (unpaired) electrons. The number of ether oxygens (including phenoxy) is 2. The molecule has 1 aromatic heterocycles. The van der Waals surface area contributed by atoms with Gasteiger partial charge in [-0.25, -0.2) is 13.4 Å². The minimum absolute atomic E-state index is 0.0814. The standard InChI is InChI=1S/C12H15N3O4S2/c1-7-11(20-12(13)14-7)21(16,17)15-9-5-4-8(18-2)6-10(9)19-3/h4-6,15H,1-3H3,(H2,13,14). The number of aromatic nitrogens is 1.